The highest BCUT2D eigenvalue weighted by Gasteiger charge is 2.19. The fourth-order valence-corrected chi connectivity index (χ4v) is 2.86. The summed E-state index contributed by atoms with van der Waals surface area (Å²) in [6, 6.07) is 4.50. The first kappa shape index (κ1) is 16.9. The van der Waals surface area contributed by atoms with Gasteiger partial charge in [-0.15, -0.1) is 0 Å². The van der Waals surface area contributed by atoms with Crippen molar-refractivity contribution < 1.29 is 19.3 Å². The van der Waals surface area contributed by atoms with Gasteiger partial charge in [0.05, 0.1) is 10.6 Å². The number of rotatable bonds is 6. The molecule has 9 heteroatoms. The zero-order chi connectivity index (χ0) is 16.1. The minimum Gasteiger partial charge on any atom is -0.411 e. The summed E-state index contributed by atoms with van der Waals surface area (Å²) >= 11 is 4.35. The highest BCUT2D eigenvalue weighted by Crippen LogP contribution is 2.23. The fourth-order valence-electron chi connectivity index (χ4n) is 1.66. The number of aromatic nitrogens is 2. The number of aliphatic hydroxyl groups excluding tert-OH is 1. The van der Waals surface area contributed by atoms with Crippen molar-refractivity contribution in [2.24, 2.45) is 5.16 Å². The van der Waals surface area contributed by atoms with E-state index in [1.165, 1.54) is 17.8 Å². The summed E-state index contributed by atoms with van der Waals surface area (Å²) in [6.07, 6.45) is -0.289. The van der Waals surface area contributed by atoms with Crippen LogP contribution in [0.3, 0.4) is 0 Å². The topological polar surface area (TPSA) is 91.7 Å². The first-order chi connectivity index (χ1) is 10.5. The molecule has 0 aliphatic rings. The molecule has 0 fully saturated rings. The predicted octanol–water partition coefficient (Wildman–Crippen LogP) is 2.87. The normalized spacial score (nSPS) is 13.4. The van der Waals surface area contributed by atoms with Crippen molar-refractivity contribution in [1.29, 1.82) is 0 Å². The lowest BCUT2D eigenvalue weighted by Crippen LogP contribution is -2.09. The van der Waals surface area contributed by atoms with Gasteiger partial charge in [-0.3, -0.25) is 0 Å². The smallest absolute Gasteiger partial charge is 0.170 e. The summed E-state index contributed by atoms with van der Waals surface area (Å²) in [5.74, 6) is 0.0321. The average Bonchev–Trinajstić information content (AvgIpc) is 2.94. The highest BCUT2D eigenvalue weighted by molar-refractivity contribution is 9.10. The molecule has 2 rings (SSSR count). The minimum absolute atomic E-state index is 0.228. The second-order valence-corrected chi connectivity index (χ2v) is 6.41. The molecule has 0 spiro atoms. The molecule has 0 amide bonds. The fraction of sp³-hybridized carbons (Fsp3) is 0.308. The Hall–Kier alpha value is -1.45. The van der Waals surface area contributed by atoms with E-state index in [2.05, 4.69) is 36.0 Å². The number of hydrogen-bond donors (Lipinski definition) is 2. The first-order valence-corrected chi connectivity index (χ1v) is 8.07. The van der Waals surface area contributed by atoms with Crippen molar-refractivity contribution in [1.82, 2.24) is 10.3 Å². The molecule has 0 radical (unpaired) electrons. The van der Waals surface area contributed by atoms with Gasteiger partial charge in [0.1, 0.15) is 11.5 Å². The van der Waals surface area contributed by atoms with Gasteiger partial charge in [0.25, 0.3) is 0 Å². The van der Waals surface area contributed by atoms with E-state index in [0.717, 1.165) is 5.56 Å². The van der Waals surface area contributed by atoms with Crippen LogP contribution in [0.1, 0.15) is 18.2 Å². The van der Waals surface area contributed by atoms with Crippen LogP contribution in [0.25, 0.3) is 0 Å². The largest absolute Gasteiger partial charge is 0.411 e. The summed E-state index contributed by atoms with van der Waals surface area (Å²) < 4.78 is 18.2. The maximum Gasteiger partial charge on any atom is 0.170 e. The summed E-state index contributed by atoms with van der Waals surface area (Å²) in [5.41, 5.74) is 1.27. The van der Waals surface area contributed by atoms with Gasteiger partial charge in [0.2, 0.25) is 0 Å². The third-order valence-electron chi connectivity index (χ3n) is 2.67. The quantitative estimate of drug-likeness (QED) is 0.341. The summed E-state index contributed by atoms with van der Waals surface area (Å²) in [4.78, 5) is 0. The number of hydrogen-bond acceptors (Lipinski definition) is 7. The minimum atomic E-state index is -0.517. The zero-order valence-electron chi connectivity index (χ0n) is 11.5. The molecule has 0 saturated carbocycles. The molecule has 0 aliphatic carbocycles. The lowest BCUT2D eigenvalue weighted by Gasteiger charge is -2.05. The summed E-state index contributed by atoms with van der Waals surface area (Å²) in [5, 5.41) is 29.7. The molecule has 2 aromatic rings. The molecule has 22 heavy (non-hydrogen) atoms. The van der Waals surface area contributed by atoms with Crippen LogP contribution in [-0.2, 0) is 6.42 Å². The molecule has 0 saturated heterocycles. The summed E-state index contributed by atoms with van der Waals surface area (Å²) in [7, 11) is 0. The highest BCUT2D eigenvalue weighted by atomic mass is 79.9. The van der Waals surface area contributed by atoms with Crippen molar-refractivity contribution in [3.05, 3.63) is 39.7 Å². The van der Waals surface area contributed by atoms with Crippen LogP contribution in [0.4, 0.5) is 4.39 Å². The van der Waals surface area contributed by atoms with Crippen LogP contribution in [0.15, 0.2) is 37.5 Å². The molecule has 6 nitrogen and oxygen atoms in total. The predicted molar refractivity (Wildman–Crippen MR) is 82.8 cm³/mol. The Morgan fingerprint density at radius 2 is 2.27 bits per heavy atom. The molecule has 1 aromatic carbocycles. The average molecular weight is 390 g/mol. The van der Waals surface area contributed by atoms with Crippen molar-refractivity contribution in [2.75, 3.05) is 5.75 Å². The summed E-state index contributed by atoms with van der Waals surface area (Å²) in [6.45, 7) is 1.65. The number of oxime groups is 1. The van der Waals surface area contributed by atoms with Crippen molar-refractivity contribution >= 4 is 33.4 Å². The Morgan fingerprint density at radius 1 is 1.50 bits per heavy atom. The van der Waals surface area contributed by atoms with Gasteiger partial charge >= 0.3 is 0 Å². The van der Waals surface area contributed by atoms with Gasteiger partial charge in [0.15, 0.2) is 10.7 Å². The van der Waals surface area contributed by atoms with Crippen molar-refractivity contribution in [3.63, 3.8) is 0 Å². The molecule has 0 aliphatic heterocycles. The molecule has 1 heterocycles. The molecule has 118 valence electrons. The Morgan fingerprint density at radius 3 is 2.91 bits per heavy atom. The lowest BCUT2D eigenvalue weighted by molar-refractivity contribution is 0.220. The van der Waals surface area contributed by atoms with E-state index in [0.29, 0.717) is 20.9 Å². The van der Waals surface area contributed by atoms with Crippen LogP contribution >= 0.6 is 27.7 Å². The van der Waals surface area contributed by atoms with Crippen molar-refractivity contribution in [3.8, 4) is 0 Å². The van der Waals surface area contributed by atoms with Crippen LogP contribution in [-0.4, -0.2) is 38.2 Å². The molecular weight excluding hydrogens is 377 g/mol. The second-order valence-electron chi connectivity index (χ2n) is 4.55. The van der Waals surface area contributed by atoms with Gasteiger partial charge in [-0.25, -0.2) is 9.02 Å². The molecule has 1 unspecified atom stereocenters. The number of benzene rings is 1. The van der Waals surface area contributed by atoms with Crippen molar-refractivity contribution in [2.45, 2.75) is 24.5 Å². The first-order valence-electron chi connectivity index (χ1n) is 6.30. The van der Waals surface area contributed by atoms with E-state index < -0.39 is 6.10 Å². The Bertz CT molecular complexity index is 678. The van der Waals surface area contributed by atoms with Crippen LogP contribution in [0, 0.1) is 5.82 Å². The number of nitrogens with zero attached hydrogens (tertiary/aromatic N) is 3. The van der Waals surface area contributed by atoms with E-state index >= 15 is 0 Å². The van der Waals surface area contributed by atoms with E-state index in [1.54, 1.807) is 19.1 Å². The maximum absolute atomic E-state index is 13.2. The monoisotopic (exact) mass is 389 g/mol. The third kappa shape index (κ3) is 4.28. The standard InChI is InChI=1S/C13H13BrFN3O3S/c1-7(19)6-22-13-12(17-21-18-13)11(16-20)5-8-2-3-10(15)9(14)4-8/h2-4,7,19-20H,5-6H2,1H3/b16-11+. The molecule has 1 atom stereocenters. The molecule has 0 bridgehead atoms. The van der Waals surface area contributed by atoms with Gasteiger partial charge in [-0.1, -0.05) is 23.0 Å². The molecule has 1 aromatic heterocycles. The van der Waals surface area contributed by atoms with Gasteiger partial charge in [-0.2, -0.15) is 0 Å². The number of thioether (sulfide) groups is 1. The van der Waals surface area contributed by atoms with E-state index in [-0.39, 0.29) is 17.9 Å². The van der Waals surface area contributed by atoms with E-state index in [9.17, 15) is 14.7 Å². The SMILES string of the molecule is CC(O)CSc1nonc1/C(Cc1ccc(F)c(Br)c1)=N/O. The Labute approximate surface area is 138 Å². The Kier molecular flexibility index (Phi) is 5.92. The lowest BCUT2D eigenvalue weighted by atomic mass is 10.1. The van der Waals surface area contributed by atoms with Crippen LogP contribution in [0.2, 0.25) is 0 Å². The zero-order valence-corrected chi connectivity index (χ0v) is 13.9. The van der Waals surface area contributed by atoms with E-state index in [4.69, 9.17) is 0 Å². The van der Waals surface area contributed by atoms with Crippen LogP contribution in [0.5, 0.6) is 0 Å². The van der Waals surface area contributed by atoms with Gasteiger partial charge < -0.3 is 10.3 Å². The van der Waals surface area contributed by atoms with Crippen LogP contribution < -0.4 is 0 Å². The Balaban J connectivity index is 2.18. The number of aliphatic hydroxyl groups is 1. The van der Waals surface area contributed by atoms with Gasteiger partial charge in [0, 0.05) is 12.2 Å². The maximum atomic E-state index is 13.2. The second kappa shape index (κ2) is 7.70. The van der Waals surface area contributed by atoms with E-state index in [1.807, 2.05) is 0 Å². The van der Waals surface area contributed by atoms with Gasteiger partial charge in [-0.05, 0) is 50.9 Å². The third-order valence-corrected chi connectivity index (χ3v) is 4.47. The molecule has 2 N–H and O–H groups in total. The number of halogens is 2. The molecular formula is C13H13BrFN3O3S.